The molecule has 124 valence electrons. The average Bonchev–Trinajstić information content (AvgIpc) is 2.63. The number of hydrogen-bond acceptors (Lipinski definition) is 7. The van der Waals surface area contributed by atoms with Crippen LogP contribution in [0.1, 0.15) is 41.5 Å². The quantitative estimate of drug-likeness (QED) is 0.577. The first kappa shape index (κ1) is 18.8. The predicted octanol–water partition coefficient (Wildman–Crippen LogP) is 0.989. The molecule has 0 aromatic heterocycles. The molecule has 1 fully saturated rings. The van der Waals surface area contributed by atoms with E-state index in [0.717, 1.165) is 11.8 Å². The highest BCUT2D eigenvalue weighted by atomic mass is 32.2. The maximum atomic E-state index is 12.6. The highest BCUT2D eigenvalue weighted by molar-refractivity contribution is 8.02. The zero-order valence-corrected chi connectivity index (χ0v) is 14.7. The fraction of sp³-hybridized carbons (Fsp3) is 0.733. The Morgan fingerprint density at radius 2 is 1.68 bits per heavy atom. The van der Waals surface area contributed by atoms with Crippen molar-refractivity contribution >= 4 is 23.7 Å². The number of ether oxygens (including phenoxy) is 2. The predicted molar refractivity (Wildman–Crippen MR) is 85.7 cm³/mol. The summed E-state index contributed by atoms with van der Waals surface area (Å²) in [6, 6.07) is -1.06. The van der Waals surface area contributed by atoms with Gasteiger partial charge < -0.3 is 15.2 Å². The van der Waals surface area contributed by atoms with Gasteiger partial charge in [-0.3, -0.25) is 10.1 Å². The van der Waals surface area contributed by atoms with Crippen LogP contribution in [0.5, 0.6) is 0 Å². The van der Waals surface area contributed by atoms with E-state index >= 15 is 0 Å². The van der Waals surface area contributed by atoms with Crippen LogP contribution < -0.4 is 11.1 Å². The standard InChI is InChI=1S/C15H24N2O4S/c1-8-15(11(19)21-14(5,6)7)9(17-12(16)22-15)10(18)20-13(2,3)4/h1,9,12,17H,16H2,2-7H3. The summed E-state index contributed by atoms with van der Waals surface area (Å²) in [7, 11) is 0. The van der Waals surface area contributed by atoms with E-state index in [1.807, 2.05) is 0 Å². The molecule has 0 bridgehead atoms. The van der Waals surface area contributed by atoms with Gasteiger partial charge in [0.25, 0.3) is 0 Å². The molecule has 1 rings (SSSR count). The third kappa shape index (κ3) is 4.38. The van der Waals surface area contributed by atoms with Crippen molar-refractivity contribution in [2.45, 2.75) is 69.0 Å². The molecule has 7 heteroatoms. The van der Waals surface area contributed by atoms with Crippen molar-refractivity contribution in [1.29, 1.82) is 0 Å². The van der Waals surface area contributed by atoms with Gasteiger partial charge in [-0.1, -0.05) is 17.7 Å². The Morgan fingerprint density at radius 3 is 2.09 bits per heavy atom. The van der Waals surface area contributed by atoms with Crippen molar-refractivity contribution in [3.05, 3.63) is 0 Å². The summed E-state index contributed by atoms with van der Waals surface area (Å²) >= 11 is 0.979. The number of terminal acetylenes is 1. The van der Waals surface area contributed by atoms with Gasteiger partial charge in [-0.25, -0.2) is 4.79 Å². The second-order valence-electron chi connectivity index (χ2n) is 7.05. The van der Waals surface area contributed by atoms with Crippen molar-refractivity contribution in [3.63, 3.8) is 0 Å². The van der Waals surface area contributed by atoms with Gasteiger partial charge in [0, 0.05) is 0 Å². The van der Waals surface area contributed by atoms with Crippen LogP contribution in [0.3, 0.4) is 0 Å². The minimum atomic E-state index is -1.55. The Balaban J connectivity index is 3.12. The molecule has 3 N–H and O–H groups in total. The lowest BCUT2D eigenvalue weighted by Gasteiger charge is -2.31. The molecule has 3 unspecified atom stereocenters. The van der Waals surface area contributed by atoms with Crippen LogP contribution >= 0.6 is 11.8 Å². The van der Waals surface area contributed by atoms with Crippen LogP contribution in [0, 0.1) is 12.3 Å². The lowest BCUT2D eigenvalue weighted by Crippen LogP contribution is -2.55. The molecule has 1 saturated heterocycles. The van der Waals surface area contributed by atoms with Crippen LogP contribution in [-0.2, 0) is 19.1 Å². The number of rotatable bonds is 2. The zero-order chi connectivity index (χ0) is 17.3. The molecule has 0 saturated carbocycles. The van der Waals surface area contributed by atoms with E-state index in [1.54, 1.807) is 41.5 Å². The Morgan fingerprint density at radius 1 is 1.18 bits per heavy atom. The Kier molecular flexibility index (Phi) is 5.22. The molecule has 22 heavy (non-hydrogen) atoms. The summed E-state index contributed by atoms with van der Waals surface area (Å²) in [5.41, 5.74) is 3.72. The molecule has 1 aliphatic rings. The van der Waals surface area contributed by atoms with Crippen LogP contribution in [0.2, 0.25) is 0 Å². The van der Waals surface area contributed by atoms with Crippen molar-refractivity contribution in [3.8, 4) is 12.3 Å². The van der Waals surface area contributed by atoms with Crippen molar-refractivity contribution < 1.29 is 19.1 Å². The molecule has 0 aromatic rings. The zero-order valence-electron chi connectivity index (χ0n) is 13.9. The largest absolute Gasteiger partial charge is 0.459 e. The van der Waals surface area contributed by atoms with Crippen molar-refractivity contribution in [2.24, 2.45) is 5.73 Å². The van der Waals surface area contributed by atoms with E-state index in [4.69, 9.17) is 21.6 Å². The number of esters is 2. The monoisotopic (exact) mass is 328 g/mol. The number of nitrogens with two attached hydrogens (primary N) is 1. The van der Waals surface area contributed by atoms with Gasteiger partial charge in [0.2, 0.25) is 4.75 Å². The molecular weight excluding hydrogens is 304 g/mol. The maximum absolute atomic E-state index is 12.6. The van der Waals surface area contributed by atoms with E-state index in [1.165, 1.54) is 0 Å². The number of hydrogen-bond donors (Lipinski definition) is 2. The third-order valence-corrected chi connectivity index (χ3v) is 3.89. The number of carbonyl (C=O) groups is 2. The molecule has 0 amide bonds. The maximum Gasteiger partial charge on any atom is 0.337 e. The van der Waals surface area contributed by atoms with E-state index in [-0.39, 0.29) is 0 Å². The van der Waals surface area contributed by atoms with Crippen molar-refractivity contribution in [1.82, 2.24) is 5.32 Å². The van der Waals surface area contributed by atoms with Gasteiger partial charge >= 0.3 is 11.9 Å². The molecule has 0 spiro atoms. The smallest absolute Gasteiger partial charge is 0.337 e. The van der Waals surface area contributed by atoms with Gasteiger partial charge in [-0.05, 0) is 41.5 Å². The fourth-order valence-corrected chi connectivity index (χ4v) is 2.99. The molecule has 3 atom stereocenters. The normalized spacial score (nSPS) is 28.8. The minimum absolute atomic E-state index is 0.628. The number of nitrogens with one attached hydrogen (secondary N) is 1. The first-order valence-electron chi connectivity index (χ1n) is 6.94. The average molecular weight is 328 g/mol. The van der Waals surface area contributed by atoms with Gasteiger partial charge in [0.15, 0.2) is 0 Å². The fourth-order valence-electron chi connectivity index (χ4n) is 1.87. The summed E-state index contributed by atoms with van der Waals surface area (Å²) in [4.78, 5) is 24.9. The highest BCUT2D eigenvalue weighted by Crippen LogP contribution is 2.39. The molecule has 0 aliphatic carbocycles. The SMILES string of the molecule is C#CC1(C(=O)OC(C)(C)C)SC(N)NC1C(=O)OC(C)(C)C. The Labute approximate surface area is 135 Å². The van der Waals surface area contributed by atoms with Gasteiger partial charge in [0.1, 0.15) is 22.7 Å². The molecule has 0 radical (unpaired) electrons. The molecule has 6 nitrogen and oxygen atoms in total. The second-order valence-corrected chi connectivity index (χ2v) is 8.44. The van der Waals surface area contributed by atoms with E-state index < -0.39 is 39.4 Å². The Hall–Kier alpha value is -1.23. The van der Waals surface area contributed by atoms with E-state index in [2.05, 4.69) is 11.2 Å². The first-order chi connectivity index (χ1) is 9.81. The summed E-state index contributed by atoms with van der Waals surface area (Å²) in [6.45, 7) is 10.4. The van der Waals surface area contributed by atoms with E-state index in [9.17, 15) is 9.59 Å². The van der Waals surface area contributed by atoms with Crippen LogP contribution in [-0.4, -0.2) is 39.4 Å². The topological polar surface area (TPSA) is 90.6 Å². The molecule has 1 heterocycles. The highest BCUT2D eigenvalue weighted by Gasteiger charge is 2.58. The summed E-state index contributed by atoms with van der Waals surface area (Å²) < 4.78 is 9.16. The molecule has 0 aromatic carbocycles. The number of thioether (sulfide) groups is 1. The van der Waals surface area contributed by atoms with Crippen LogP contribution in [0.4, 0.5) is 0 Å². The van der Waals surface area contributed by atoms with Crippen LogP contribution in [0.25, 0.3) is 0 Å². The minimum Gasteiger partial charge on any atom is -0.459 e. The van der Waals surface area contributed by atoms with Gasteiger partial charge in [-0.15, -0.1) is 6.42 Å². The summed E-state index contributed by atoms with van der Waals surface area (Å²) in [5.74, 6) is 1.09. The molecule has 1 aliphatic heterocycles. The summed E-state index contributed by atoms with van der Waals surface area (Å²) in [5, 5.41) is 2.81. The third-order valence-electron chi connectivity index (χ3n) is 2.61. The second kappa shape index (κ2) is 6.11. The van der Waals surface area contributed by atoms with E-state index in [0.29, 0.717) is 0 Å². The Bertz CT molecular complexity index is 501. The summed E-state index contributed by atoms with van der Waals surface area (Å²) in [6.07, 6.45) is 5.57. The van der Waals surface area contributed by atoms with Crippen molar-refractivity contribution in [2.75, 3.05) is 0 Å². The number of carbonyl (C=O) groups excluding carboxylic acids is 2. The van der Waals surface area contributed by atoms with Gasteiger partial charge in [-0.2, -0.15) is 0 Å². The van der Waals surface area contributed by atoms with Gasteiger partial charge in [0.05, 0.1) is 0 Å². The molecular formula is C15H24N2O4S. The van der Waals surface area contributed by atoms with Crippen LogP contribution in [0.15, 0.2) is 0 Å². The lowest BCUT2D eigenvalue weighted by atomic mass is 9.99. The lowest BCUT2D eigenvalue weighted by molar-refractivity contribution is -0.165. The first-order valence-corrected chi connectivity index (χ1v) is 7.82.